The largest absolute Gasteiger partial charge is 0.367 e. The maximum absolute atomic E-state index is 6.45. The van der Waals surface area contributed by atoms with E-state index in [9.17, 15) is 0 Å². The van der Waals surface area contributed by atoms with Crippen molar-refractivity contribution in [3.8, 4) is 44.8 Å². The molecule has 0 radical (unpaired) electrons. The Balaban J connectivity index is 0.00000185. The molecule has 0 aliphatic rings. The van der Waals surface area contributed by atoms with Gasteiger partial charge in [0, 0.05) is 18.2 Å². The number of halogens is 2. The summed E-state index contributed by atoms with van der Waals surface area (Å²) in [4.78, 5) is 0. The van der Waals surface area contributed by atoms with Gasteiger partial charge in [0.2, 0.25) is 0 Å². The van der Waals surface area contributed by atoms with Crippen LogP contribution in [-0.4, -0.2) is 26.9 Å². The van der Waals surface area contributed by atoms with E-state index in [2.05, 4.69) is 98.5 Å². The van der Waals surface area contributed by atoms with E-state index >= 15 is 0 Å². The second-order valence-corrected chi connectivity index (χ2v) is 9.25. The maximum Gasteiger partial charge on any atom is 0.148 e. The van der Waals surface area contributed by atoms with Gasteiger partial charge in [-0.15, -0.1) is 24.8 Å². The Morgan fingerprint density at radius 3 is 1.65 bits per heavy atom. The highest BCUT2D eigenvalue weighted by Gasteiger charge is 2.12. The van der Waals surface area contributed by atoms with Gasteiger partial charge in [-0.1, -0.05) is 109 Å². The summed E-state index contributed by atoms with van der Waals surface area (Å²) < 4.78 is 0. The molecule has 2 heterocycles. The van der Waals surface area contributed by atoms with Crippen LogP contribution in [0.3, 0.4) is 0 Å². The quantitative estimate of drug-likeness (QED) is 0.151. The normalized spacial score (nSPS) is 11.2. The molecule has 0 spiro atoms. The Labute approximate surface area is 245 Å². The van der Waals surface area contributed by atoms with E-state index < -0.39 is 0 Å². The number of H-pyrrole nitrogens is 2. The number of aromatic amines is 2. The van der Waals surface area contributed by atoms with Gasteiger partial charge in [-0.25, -0.2) is 0 Å². The van der Waals surface area contributed by atoms with E-state index in [1.165, 1.54) is 22.3 Å². The number of hydrogen-bond donors (Lipinski definition) is 4. The fourth-order valence-corrected chi connectivity index (χ4v) is 4.50. The summed E-state index contributed by atoms with van der Waals surface area (Å²) in [5.74, 6) is 0.749. The van der Waals surface area contributed by atoms with Gasteiger partial charge >= 0.3 is 0 Å². The smallest absolute Gasteiger partial charge is 0.148 e. The molecule has 5 N–H and O–H groups in total. The zero-order chi connectivity index (χ0) is 25.7. The minimum Gasteiger partial charge on any atom is -0.367 e. The van der Waals surface area contributed by atoms with Crippen molar-refractivity contribution < 1.29 is 0 Å². The number of nitrogens with two attached hydrogens (primary N) is 1. The summed E-state index contributed by atoms with van der Waals surface area (Å²) in [6.07, 6.45) is 0. The van der Waals surface area contributed by atoms with Crippen LogP contribution in [0, 0.1) is 0 Å². The van der Waals surface area contributed by atoms with Gasteiger partial charge in [-0.2, -0.15) is 10.2 Å². The van der Waals surface area contributed by atoms with E-state index in [4.69, 9.17) is 5.73 Å². The molecule has 0 bridgehead atoms. The molecule has 40 heavy (non-hydrogen) atoms. The Morgan fingerprint density at radius 2 is 1.07 bits per heavy atom. The summed E-state index contributed by atoms with van der Waals surface area (Å²) in [6.45, 7) is 0.520. The van der Waals surface area contributed by atoms with Crippen molar-refractivity contribution in [1.82, 2.24) is 20.4 Å². The van der Waals surface area contributed by atoms with Gasteiger partial charge in [0.05, 0.1) is 23.1 Å². The molecule has 0 aliphatic carbocycles. The van der Waals surface area contributed by atoms with Gasteiger partial charge in [-0.3, -0.25) is 10.2 Å². The van der Waals surface area contributed by atoms with E-state index in [0.29, 0.717) is 6.54 Å². The number of anilines is 1. The van der Waals surface area contributed by atoms with Gasteiger partial charge in [0.15, 0.2) is 0 Å². The van der Waals surface area contributed by atoms with E-state index in [1.54, 1.807) is 0 Å². The molecule has 6 rings (SSSR count). The van der Waals surface area contributed by atoms with Crippen molar-refractivity contribution in [2.24, 2.45) is 5.73 Å². The lowest BCUT2D eigenvalue weighted by atomic mass is 10.0. The number of nitrogens with one attached hydrogen (secondary N) is 3. The second-order valence-electron chi connectivity index (χ2n) is 9.25. The third-order valence-corrected chi connectivity index (χ3v) is 6.67. The molecule has 8 heteroatoms. The Kier molecular flexibility index (Phi) is 9.40. The van der Waals surface area contributed by atoms with Crippen LogP contribution in [0.15, 0.2) is 121 Å². The average Bonchev–Trinajstić information content (AvgIpc) is 3.68. The fraction of sp³-hybridized carbons (Fsp3) is 0.0625. The standard InChI is InChI=1S/C32H28N6.2ClH/c33-28(31-19-29(35-37-31)26-15-11-24(12-16-26)22-7-3-1-4-8-22)21-34-32-20-30(36-38-32)27-17-13-25(14-18-27)23-9-5-2-6-10-23;;/h1-20,28H,21,33H2,(H,35,37)(H2,34,36,38);2*1H. The lowest BCUT2D eigenvalue weighted by molar-refractivity contribution is 0.727. The number of nitrogens with zero attached hydrogens (tertiary/aromatic N) is 2. The van der Waals surface area contributed by atoms with Crippen molar-refractivity contribution in [2.45, 2.75) is 6.04 Å². The lowest BCUT2D eigenvalue weighted by Crippen LogP contribution is -2.21. The van der Waals surface area contributed by atoms with Crippen LogP contribution in [0.1, 0.15) is 11.7 Å². The van der Waals surface area contributed by atoms with Gasteiger partial charge in [-0.05, 0) is 33.9 Å². The Morgan fingerprint density at radius 1 is 0.575 bits per heavy atom. The summed E-state index contributed by atoms with van der Waals surface area (Å²) in [5.41, 5.74) is 16.0. The van der Waals surface area contributed by atoms with Gasteiger partial charge < -0.3 is 11.1 Å². The highest BCUT2D eigenvalue weighted by atomic mass is 35.5. The predicted octanol–water partition coefficient (Wildman–Crippen LogP) is 7.76. The highest BCUT2D eigenvalue weighted by molar-refractivity contribution is 5.85. The molecular formula is C32H30Cl2N6. The maximum atomic E-state index is 6.45. The molecule has 2 aromatic heterocycles. The van der Waals surface area contributed by atoms with Gasteiger partial charge in [0.25, 0.3) is 0 Å². The van der Waals surface area contributed by atoms with Crippen LogP contribution >= 0.6 is 24.8 Å². The Bertz CT molecular complexity index is 1610. The molecule has 0 saturated carbocycles. The molecule has 0 amide bonds. The van der Waals surface area contributed by atoms with Crippen LogP contribution in [0.2, 0.25) is 0 Å². The first-order valence-corrected chi connectivity index (χ1v) is 12.6. The zero-order valence-electron chi connectivity index (χ0n) is 21.6. The van der Waals surface area contributed by atoms with Crippen LogP contribution in [0.5, 0.6) is 0 Å². The number of benzene rings is 4. The molecule has 6 nitrogen and oxygen atoms in total. The van der Waals surface area contributed by atoms with Crippen LogP contribution in [0.4, 0.5) is 5.82 Å². The monoisotopic (exact) mass is 568 g/mol. The minimum absolute atomic E-state index is 0. The summed E-state index contributed by atoms with van der Waals surface area (Å²) in [5, 5.41) is 18.4. The molecule has 4 aromatic carbocycles. The molecule has 0 fully saturated rings. The summed E-state index contributed by atoms with van der Waals surface area (Å²) in [7, 11) is 0. The summed E-state index contributed by atoms with van der Waals surface area (Å²) >= 11 is 0. The molecule has 0 saturated heterocycles. The van der Waals surface area contributed by atoms with Crippen molar-refractivity contribution in [3.63, 3.8) is 0 Å². The number of rotatable bonds is 8. The first-order chi connectivity index (χ1) is 18.7. The predicted molar refractivity (Wildman–Crippen MR) is 169 cm³/mol. The minimum atomic E-state index is -0.259. The number of aromatic nitrogens is 4. The van der Waals surface area contributed by atoms with E-state index in [0.717, 1.165) is 34.0 Å². The third-order valence-electron chi connectivity index (χ3n) is 6.67. The van der Waals surface area contributed by atoms with E-state index in [1.807, 2.05) is 48.5 Å². The van der Waals surface area contributed by atoms with Crippen molar-refractivity contribution >= 4 is 30.6 Å². The van der Waals surface area contributed by atoms with Crippen molar-refractivity contribution in [2.75, 3.05) is 11.9 Å². The van der Waals surface area contributed by atoms with Crippen molar-refractivity contribution in [1.29, 1.82) is 0 Å². The topological polar surface area (TPSA) is 95.4 Å². The first kappa shape index (κ1) is 28.6. The fourth-order valence-electron chi connectivity index (χ4n) is 4.50. The molecule has 0 aliphatic heterocycles. The van der Waals surface area contributed by atoms with Crippen LogP contribution in [-0.2, 0) is 0 Å². The van der Waals surface area contributed by atoms with Crippen molar-refractivity contribution in [3.05, 3.63) is 127 Å². The van der Waals surface area contributed by atoms with E-state index in [-0.39, 0.29) is 30.9 Å². The Hall–Kier alpha value is -4.36. The van der Waals surface area contributed by atoms with Crippen LogP contribution in [0.25, 0.3) is 44.8 Å². The summed E-state index contributed by atoms with van der Waals surface area (Å²) in [6, 6.07) is 41.3. The van der Waals surface area contributed by atoms with Crippen LogP contribution < -0.4 is 11.1 Å². The average molecular weight is 570 g/mol. The SMILES string of the molecule is Cl.Cl.NC(CNc1cc(-c2ccc(-c3ccccc3)cc2)[nH]n1)c1cc(-c2ccc(-c3ccccc3)cc2)n[nH]1. The number of hydrogen-bond acceptors (Lipinski definition) is 4. The third kappa shape index (κ3) is 6.43. The molecule has 6 aromatic rings. The second kappa shape index (κ2) is 13.1. The zero-order valence-corrected chi connectivity index (χ0v) is 23.3. The first-order valence-electron chi connectivity index (χ1n) is 12.6. The molecule has 1 unspecified atom stereocenters. The highest BCUT2D eigenvalue weighted by Crippen LogP contribution is 2.27. The molecular weight excluding hydrogens is 539 g/mol. The lowest BCUT2D eigenvalue weighted by Gasteiger charge is -2.09. The molecule has 202 valence electrons. The van der Waals surface area contributed by atoms with Gasteiger partial charge in [0.1, 0.15) is 5.82 Å². The molecule has 1 atom stereocenters.